The molecule has 1 fully saturated rings. The summed E-state index contributed by atoms with van der Waals surface area (Å²) in [6, 6.07) is 7.94. The summed E-state index contributed by atoms with van der Waals surface area (Å²) >= 11 is 0. The number of benzene rings is 1. The minimum absolute atomic E-state index is 0.141. The monoisotopic (exact) mass is 262 g/mol. The molecule has 0 spiro atoms. The van der Waals surface area contributed by atoms with Crippen molar-refractivity contribution in [1.29, 1.82) is 0 Å². The molecule has 1 aromatic carbocycles. The first kappa shape index (κ1) is 14.4. The summed E-state index contributed by atoms with van der Waals surface area (Å²) in [7, 11) is 0. The Morgan fingerprint density at radius 2 is 1.68 bits per heavy atom. The van der Waals surface area contributed by atoms with Crippen LogP contribution in [0.15, 0.2) is 24.3 Å². The zero-order chi connectivity index (χ0) is 13.7. The number of aliphatic hydroxyl groups excluding tert-OH is 1. The predicted molar refractivity (Wildman–Crippen MR) is 78.4 cm³/mol. The summed E-state index contributed by atoms with van der Waals surface area (Å²) < 4.78 is 5.83. The van der Waals surface area contributed by atoms with Gasteiger partial charge >= 0.3 is 0 Å². The first-order chi connectivity index (χ1) is 9.18. The number of hydrogen-bond donors (Lipinski definition) is 1. The molecule has 0 bridgehead atoms. The second kappa shape index (κ2) is 6.95. The normalized spacial score (nSPS) is 19.2. The van der Waals surface area contributed by atoms with Crippen LogP contribution in [0.25, 0.3) is 0 Å². The Labute approximate surface area is 116 Å². The van der Waals surface area contributed by atoms with Gasteiger partial charge in [0.1, 0.15) is 5.75 Å². The molecule has 1 unspecified atom stereocenters. The van der Waals surface area contributed by atoms with E-state index in [-0.39, 0.29) is 12.2 Å². The van der Waals surface area contributed by atoms with Crippen molar-refractivity contribution < 1.29 is 9.84 Å². The lowest BCUT2D eigenvalue weighted by molar-refractivity contribution is 0.0935. The van der Waals surface area contributed by atoms with Gasteiger partial charge in [-0.25, -0.2) is 0 Å². The van der Waals surface area contributed by atoms with Gasteiger partial charge in [0.2, 0.25) is 0 Å². The van der Waals surface area contributed by atoms with Crippen molar-refractivity contribution in [2.45, 2.75) is 64.6 Å². The van der Waals surface area contributed by atoms with Gasteiger partial charge < -0.3 is 9.84 Å². The third-order valence-electron chi connectivity index (χ3n) is 3.95. The van der Waals surface area contributed by atoms with Crippen molar-refractivity contribution >= 4 is 0 Å². The van der Waals surface area contributed by atoms with E-state index in [4.69, 9.17) is 4.74 Å². The Hall–Kier alpha value is -1.02. The van der Waals surface area contributed by atoms with Gasteiger partial charge in [0.05, 0.1) is 12.2 Å². The van der Waals surface area contributed by atoms with Gasteiger partial charge in [0.15, 0.2) is 0 Å². The third kappa shape index (κ3) is 3.97. The molecule has 0 radical (unpaired) electrons. The molecule has 2 heteroatoms. The Kier molecular flexibility index (Phi) is 5.26. The van der Waals surface area contributed by atoms with Crippen molar-refractivity contribution in [2.24, 2.45) is 5.92 Å². The largest absolute Gasteiger partial charge is 0.491 e. The van der Waals surface area contributed by atoms with Gasteiger partial charge in [0, 0.05) is 5.56 Å². The molecule has 1 aromatic rings. The molecular formula is C17H26O2. The topological polar surface area (TPSA) is 29.5 Å². The second-order valence-electron chi connectivity index (χ2n) is 5.90. The molecule has 2 rings (SSSR count). The van der Waals surface area contributed by atoms with Crippen LogP contribution in [0.3, 0.4) is 0 Å². The van der Waals surface area contributed by atoms with E-state index in [0.29, 0.717) is 5.92 Å². The predicted octanol–water partition coefficient (Wildman–Crippen LogP) is 4.48. The average Bonchev–Trinajstić information content (AvgIpc) is 2.67. The van der Waals surface area contributed by atoms with Crippen LogP contribution in [0.2, 0.25) is 0 Å². The molecule has 19 heavy (non-hydrogen) atoms. The highest BCUT2D eigenvalue weighted by Crippen LogP contribution is 2.37. The quantitative estimate of drug-likeness (QED) is 0.811. The van der Waals surface area contributed by atoms with Crippen molar-refractivity contribution in [2.75, 3.05) is 0 Å². The van der Waals surface area contributed by atoms with Crippen molar-refractivity contribution in [3.05, 3.63) is 29.8 Å². The van der Waals surface area contributed by atoms with Crippen LogP contribution >= 0.6 is 0 Å². The number of hydrogen-bond acceptors (Lipinski definition) is 2. The minimum atomic E-state index is -0.381. The highest BCUT2D eigenvalue weighted by Gasteiger charge is 2.24. The fourth-order valence-electron chi connectivity index (χ4n) is 2.97. The minimum Gasteiger partial charge on any atom is -0.491 e. The Morgan fingerprint density at radius 1 is 1.05 bits per heavy atom. The first-order valence-electron chi connectivity index (χ1n) is 7.62. The SMILES string of the molecule is CC(C)Oc1ccccc1C(O)C1CCCCCC1. The second-order valence-corrected chi connectivity index (χ2v) is 5.90. The zero-order valence-corrected chi connectivity index (χ0v) is 12.1. The van der Waals surface area contributed by atoms with Gasteiger partial charge in [-0.1, -0.05) is 43.9 Å². The van der Waals surface area contributed by atoms with E-state index in [1.807, 2.05) is 38.1 Å². The molecule has 1 aliphatic carbocycles. The van der Waals surface area contributed by atoms with Crippen LogP contribution in [0.1, 0.15) is 64.0 Å². The fraction of sp³-hybridized carbons (Fsp3) is 0.647. The maximum atomic E-state index is 10.7. The van der Waals surface area contributed by atoms with E-state index in [0.717, 1.165) is 24.2 Å². The van der Waals surface area contributed by atoms with E-state index in [1.54, 1.807) is 0 Å². The van der Waals surface area contributed by atoms with E-state index < -0.39 is 0 Å². The summed E-state index contributed by atoms with van der Waals surface area (Å²) in [5.41, 5.74) is 0.961. The highest BCUT2D eigenvalue weighted by molar-refractivity contribution is 5.35. The molecule has 1 N–H and O–H groups in total. The highest BCUT2D eigenvalue weighted by atomic mass is 16.5. The third-order valence-corrected chi connectivity index (χ3v) is 3.95. The van der Waals surface area contributed by atoms with E-state index in [2.05, 4.69) is 0 Å². The van der Waals surface area contributed by atoms with E-state index in [9.17, 15) is 5.11 Å². The Bertz CT molecular complexity index is 379. The summed E-state index contributed by atoms with van der Waals surface area (Å²) in [4.78, 5) is 0. The Morgan fingerprint density at radius 3 is 2.32 bits per heavy atom. The summed E-state index contributed by atoms with van der Waals surface area (Å²) in [6.07, 6.45) is 7.15. The smallest absolute Gasteiger partial charge is 0.125 e. The molecule has 0 aliphatic heterocycles. The summed E-state index contributed by atoms with van der Waals surface area (Å²) in [5, 5.41) is 10.7. The first-order valence-corrected chi connectivity index (χ1v) is 7.62. The van der Waals surface area contributed by atoms with Gasteiger partial charge in [0.25, 0.3) is 0 Å². The van der Waals surface area contributed by atoms with E-state index in [1.165, 1.54) is 25.7 Å². The standard InChI is InChI=1S/C17H26O2/c1-13(2)19-16-12-8-7-11-15(16)17(18)14-9-5-3-4-6-10-14/h7-8,11-14,17-18H,3-6,9-10H2,1-2H3. The molecule has 0 heterocycles. The van der Waals surface area contributed by atoms with Crippen LogP contribution in [0.4, 0.5) is 0 Å². The van der Waals surface area contributed by atoms with Crippen LogP contribution < -0.4 is 4.74 Å². The lowest BCUT2D eigenvalue weighted by Crippen LogP contribution is -2.15. The van der Waals surface area contributed by atoms with Gasteiger partial charge in [-0.05, 0) is 38.7 Å². The maximum Gasteiger partial charge on any atom is 0.125 e. The number of aliphatic hydroxyl groups is 1. The zero-order valence-electron chi connectivity index (χ0n) is 12.1. The molecule has 1 atom stereocenters. The van der Waals surface area contributed by atoms with Crippen LogP contribution in [0, 0.1) is 5.92 Å². The fourth-order valence-corrected chi connectivity index (χ4v) is 2.97. The molecule has 0 amide bonds. The van der Waals surface area contributed by atoms with Crippen molar-refractivity contribution in [1.82, 2.24) is 0 Å². The number of para-hydroxylation sites is 1. The average molecular weight is 262 g/mol. The van der Waals surface area contributed by atoms with Crippen molar-refractivity contribution in [3.8, 4) is 5.75 Å². The van der Waals surface area contributed by atoms with Gasteiger partial charge in [-0.15, -0.1) is 0 Å². The van der Waals surface area contributed by atoms with Crippen LogP contribution in [-0.4, -0.2) is 11.2 Å². The molecule has 1 saturated carbocycles. The van der Waals surface area contributed by atoms with Crippen LogP contribution in [-0.2, 0) is 0 Å². The Balaban J connectivity index is 2.14. The van der Waals surface area contributed by atoms with Crippen molar-refractivity contribution in [3.63, 3.8) is 0 Å². The summed E-state index contributed by atoms with van der Waals surface area (Å²) in [5.74, 6) is 1.23. The number of ether oxygens (including phenoxy) is 1. The summed E-state index contributed by atoms with van der Waals surface area (Å²) in [6.45, 7) is 4.05. The molecule has 1 aliphatic rings. The lowest BCUT2D eigenvalue weighted by Gasteiger charge is -2.24. The van der Waals surface area contributed by atoms with E-state index >= 15 is 0 Å². The molecule has 0 saturated heterocycles. The molecule has 106 valence electrons. The number of rotatable bonds is 4. The lowest BCUT2D eigenvalue weighted by atomic mass is 9.89. The van der Waals surface area contributed by atoms with Gasteiger partial charge in [-0.2, -0.15) is 0 Å². The molecule has 0 aromatic heterocycles. The maximum absolute atomic E-state index is 10.7. The molecular weight excluding hydrogens is 236 g/mol. The molecule has 2 nitrogen and oxygen atoms in total. The van der Waals surface area contributed by atoms with Gasteiger partial charge in [-0.3, -0.25) is 0 Å². The van der Waals surface area contributed by atoms with Crippen LogP contribution in [0.5, 0.6) is 5.75 Å².